The van der Waals surface area contributed by atoms with Gasteiger partial charge >= 0.3 is 12.1 Å². The summed E-state index contributed by atoms with van der Waals surface area (Å²) >= 11 is 0. The molecule has 0 bridgehead atoms. The molecule has 0 radical (unpaired) electrons. The summed E-state index contributed by atoms with van der Waals surface area (Å²) < 4.78 is 42.9. The Bertz CT molecular complexity index is 805. The zero-order chi connectivity index (χ0) is 20.2. The second-order valence-corrected chi connectivity index (χ2v) is 5.93. The summed E-state index contributed by atoms with van der Waals surface area (Å²) in [5.41, 5.74) is -0.558. The van der Waals surface area contributed by atoms with Crippen LogP contribution in [0, 0.1) is 5.92 Å². The number of ether oxygens (including phenoxy) is 1. The van der Waals surface area contributed by atoms with Crippen molar-refractivity contribution in [3.63, 3.8) is 0 Å². The summed E-state index contributed by atoms with van der Waals surface area (Å²) in [4.78, 5) is 28.0. The van der Waals surface area contributed by atoms with Gasteiger partial charge in [0.2, 0.25) is 5.88 Å². The molecule has 0 spiro atoms. The Kier molecular flexibility index (Phi) is 6.04. The van der Waals surface area contributed by atoms with Crippen LogP contribution in [0.4, 0.5) is 13.2 Å². The maximum absolute atomic E-state index is 12.5. The first kappa shape index (κ1) is 20.2. The van der Waals surface area contributed by atoms with Crippen LogP contribution in [0.25, 0.3) is 0 Å². The highest BCUT2D eigenvalue weighted by Gasteiger charge is 2.30. The van der Waals surface area contributed by atoms with E-state index < -0.39 is 23.6 Å². The largest absolute Gasteiger partial charge is 0.481 e. The molecule has 0 saturated heterocycles. The number of pyridine rings is 1. The van der Waals surface area contributed by atoms with Gasteiger partial charge in [0.1, 0.15) is 5.75 Å². The molecule has 1 aromatic heterocycles. The number of carboxylic acids is 1. The monoisotopic (exact) mass is 382 g/mol. The van der Waals surface area contributed by atoms with Crippen molar-refractivity contribution in [2.75, 3.05) is 13.6 Å². The Morgan fingerprint density at radius 2 is 1.81 bits per heavy atom. The van der Waals surface area contributed by atoms with Gasteiger partial charge in [0, 0.05) is 31.4 Å². The fourth-order valence-electron chi connectivity index (χ4n) is 2.19. The van der Waals surface area contributed by atoms with E-state index in [9.17, 15) is 22.8 Å². The molecule has 6 nitrogen and oxygen atoms in total. The smallest absolute Gasteiger partial charge is 0.417 e. The minimum Gasteiger partial charge on any atom is -0.481 e. The lowest BCUT2D eigenvalue weighted by Gasteiger charge is -2.19. The molecule has 1 heterocycles. The van der Waals surface area contributed by atoms with E-state index in [4.69, 9.17) is 9.84 Å². The van der Waals surface area contributed by atoms with E-state index in [0.717, 1.165) is 12.1 Å². The number of aliphatic carboxylic acids is 1. The molecule has 1 aromatic carbocycles. The topological polar surface area (TPSA) is 79.7 Å². The summed E-state index contributed by atoms with van der Waals surface area (Å²) in [7, 11) is 1.50. The minimum atomic E-state index is -4.47. The molecule has 0 aliphatic rings. The molecule has 1 atom stereocenters. The number of hydrogen-bond donors (Lipinski definition) is 1. The average molecular weight is 382 g/mol. The Morgan fingerprint density at radius 3 is 2.30 bits per heavy atom. The third kappa shape index (κ3) is 5.44. The van der Waals surface area contributed by atoms with Gasteiger partial charge in [-0.15, -0.1) is 0 Å². The van der Waals surface area contributed by atoms with Crippen LogP contribution >= 0.6 is 0 Å². The van der Waals surface area contributed by atoms with Gasteiger partial charge < -0.3 is 14.7 Å². The second-order valence-electron chi connectivity index (χ2n) is 5.93. The van der Waals surface area contributed by atoms with Crippen LogP contribution < -0.4 is 4.74 Å². The van der Waals surface area contributed by atoms with Crippen LogP contribution in [-0.2, 0) is 11.0 Å². The normalized spacial score (nSPS) is 12.3. The van der Waals surface area contributed by atoms with Gasteiger partial charge in [0.05, 0.1) is 11.5 Å². The molecule has 2 aromatic rings. The van der Waals surface area contributed by atoms with Gasteiger partial charge in [-0.25, -0.2) is 4.98 Å². The molecule has 1 unspecified atom stereocenters. The number of hydrogen-bond acceptors (Lipinski definition) is 4. The number of carboxylic acid groups (broad SMARTS) is 1. The number of alkyl halides is 3. The van der Waals surface area contributed by atoms with Crippen LogP contribution in [0.5, 0.6) is 11.6 Å². The molecule has 1 N–H and O–H groups in total. The van der Waals surface area contributed by atoms with E-state index in [2.05, 4.69) is 4.98 Å². The highest BCUT2D eigenvalue weighted by Crippen LogP contribution is 2.30. The average Bonchev–Trinajstić information content (AvgIpc) is 2.61. The lowest BCUT2D eigenvalue weighted by molar-refractivity contribution is -0.141. The fraction of sp³-hybridized carbons (Fsp3) is 0.278. The van der Waals surface area contributed by atoms with Crippen LogP contribution in [-0.4, -0.2) is 40.5 Å². The van der Waals surface area contributed by atoms with E-state index in [1.807, 2.05) is 0 Å². The van der Waals surface area contributed by atoms with Crippen molar-refractivity contribution in [3.8, 4) is 11.6 Å². The summed E-state index contributed by atoms with van der Waals surface area (Å²) in [6, 6.07) is 7.86. The maximum atomic E-state index is 12.5. The molecule has 0 fully saturated rings. The van der Waals surface area contributed by atoms with Gasteiger partial charge in [-0.2, -0.15) is 13.2 Å². The van der Waals surface area contributed by atoms with Crippen molar-refractivity contribution < 1.29 is 32.6 Å². The molecule has 2 rings (SSSR count). The fourth-order valence-corrected chi connectivity index (χ4v) is 2.19. The number of halogens is 3. The number of carbonyl (C=O) groups is 2. The SMILES string of the molecule is CC(CN(C)C(=O)c1ccc(Oc2ccc(C(F)(F)F)cn2)cc1)C(=O)O. The zero-order valence-corrected chi connectivity index (χ0v) is 14.5. The number of benzene rings is 1. The highest BCUT2D eigenvalue weighted by atomic mass is 19.4. The number of amides is 1. The van der Waals surface area contributed by atoms with Gasteiger partial charge in [0.25, 0.3) is 5.91 Å². The Morgan fingerprint density at radius 1 is 1.19 bits per heavy atom. The highest BCUT2D eigenvalue weighted by molar-refractivity contribution is 5.94. The van der Waals surface area contributed by atoms with Crippen molar-refractivity contribution >= 4 is 11.9 Å². The molecule has 144 valence electrons. The van der Waals surface area contributed by atoms with Gasteiger partial charge in [-0.3, -0.25) is 9.59 Å². The van der Waals surface area contributed by atoms with E-state index >= 15 is 0 Å². The zero-order valence-electron chi connectivity index (χ0n) is 14.5. The molecule has 0 saturated carbocycles. The second kappa shape index (κ2) is 8.07. The lowest BCUT2D eigenvalue weighted by Crippen LogP contribution is -2.33. The van der Waals surface area contributed by atoms with Crippen LogP contribution in [0.15, 0.2) is 42.6 Å². The first-order valence-electron chi connectivity index (χ1n) is 7.87. The van der Waals surface area contributed by atoms with Gasteiger partial charge in [0.15, 0.2) is 0 Å². The Hall–Kier alpha value is -3.10. The summed E-state index contributed by atoms with van der Waals surface area (Å²) in [5, 5.41) is 8.90. The number of aromatic nitrogens is 1. The number of rotatable bonds is 6. The van der Waals surface area contributed by atoms with Crippen molar-refractivity contribution in [3.05, 3.63) is 53.7 Å². The molecule has 0 aliphatic heterocycles. The van der Waals surface area contributed by atoms with Crippen LogP contribution in [0.1, 0.15) is 22.8 Å². The lowest BCUT2D eigenvalue weighted by atomic mass is 10.1. The van der Waals surface area contributed by atoms with Gasteiger partial charge in [-0.1, -0.05) is 6.92 Å². The first-order chi connectivity index (χ1) is 12.6. The van der Waals surface area contributed by atoms with Crippen molar-refractivity contribution in [2.24, 2.45) is 5.92 Å². The summed E-state index contributed by atoms with van der Waals surface area (Å²) in [6.45, 7) is 1.56. The molecule has 1 amide bonds. The molecule has 9 heteroatoms. The number of carbonyl (C=O) groups excluding carboxylic acids is 1. The Balaban J connectivity index is 2.02. The van der Waals surface area contributed by atoms with E-state index in [-0.39, 0.29) is 18.3 Å². The van der Waals surface area contributed by atoms with Gasteiger partial charge in [-0.05, 0) is 30.3 Å². The predicted molar refractivity (Wildman–Crippen MR) is 89.5 cm³/mol. The third-order valence-electron chi connectivity index (χ3n) is 3.70. The standard InChI is InChI=1S/C18H17F3N2O4/c1-11(17(25)26)10-23(2)16(24)12-3-6-14(7-4-12)27-15-8-5-13(9-22-15)18(19,20)21/h3-9,11H,10H2,1-2H3,(H,25,26). The maximum Gasteiger partial charge on any atom is 0.417 e. The van der Waals surface area contributed by atoms with Crippen molar-refractivity contribution in [2.45, 2.75) is 13.1 Å². The van der Waals surface area contributed by atoms with Crippen LogP contribution in [0.2, 0.25) is 0 Å². The molecular weight excluding hydrogens is 365 g/mol. The van der Waals surface area contributed by atoms with Crippen molar-refractivity contribution in [1.82, 2.24) is 9.88 Å². The van der Waals surface area contributed by atoms with E-state index in [1.54, 1.807) is 0 Å². The third-order valence-corrected chi connectivity index (χ3v) is 3.70. The molecule has 0 aliphatic carbocycles. The first-order valence-corrected chi connectivity index (χ1v) is 7.87. The quantitative estimate of drug-likeness (QED) is 0.824. The van der Waals surface area contributed by atoms with Crippen molar-refractivity contribution in [1.29, 1.82) is 0 Å². The molecular formula is C18H17F3N2O4. The van der Waals surface area contributed by atoms with E-state index in [0.29, 0.717) is 17.5 Å². The minimum absolute atomic E-state index is 0.0190. The number of nitrogens with zero attached hydrogens (tertiary/aromatic N) is 2. The van der Waals surface area contributed by atoms with Crippen LogP contribution in [0.3, 0.4) is 0 Å². The molecule has 27 heavy (non-hydrogen) atoms. The Labute approximate surface area is 153 Å². The van der Waals surface area contributed by atoms with E-state index in [1.165, 1.54) is 43.1 Å². The predicted octanol–water partition coefficient (Wildman–Crippen LogP) is 3.69. The summed E-state index contributed by atoms with van der Waals surface area (Å²) in [6.07, 6.45) is -3.80. The summed E-state index contributed by atoms with van der Waals surface area (Å²) in [5.74, 6) is -1.79.